The normalized spacial score (nSPS) is 14.1. The van der Waals surface area contributed by atoms with E-state index < -0.39 is 0 Å². The molecule has 0 saturated carbocycles. The number of carbonyl (C=O) groups excluding carboxylic acids is 1. The number of para-hydroxylation sites is 1. The van der Waals surface area contributed by atoms with E-state index in [4.69, 9.17) is 9.47 Å². The molecule has 0 atom stereocenters. The fourth-order valence-corrected chi connectivity index (χ4v) is 3.00. The van der Waals surface area contributed by atoms with Crippen molar-refractivity contribution in [3.63, 3.8) is 0 Å². The number of amides is 1. The standard InChI is InChI=1S/C20H20N4O3/c25-19(13-27-20-17-3-1-2-4-18(17)21-14-22-20)23-15-5-7-16(8-6-15)24-9-11-26-12-10-24/h1-8,14H,9-13H2,(H,23,25). The Balaban J connectivity index is 1.35. The first-order valence-electron chi connectivity index (χ1n) is 8.85. The largest absolute Gasteiger partial charge is 0.467 e. The van der Waals surface area contributed by atoms with Gasteiger partial charge < -0.3 is 19.7 Å². The topological polar surface area (TPSA) is 76.6 Å². The van der Waals surface area contributed by atoms with Crippen LogP contribution in [0.1, 0.15) is 0 Å². The molecule has 0 aliphatic carbocycles. The third kappa shape index (κ3) is 4.15. The fraction of sp³-hybridized carbons (Fsp3) is 0.250. The summed E-state index contributed by atoms with van der Waals surface area (Å²) >= 11 is 0. The summed E-state index contributed by atoms with van der Waals surface area (Å²) in [5.41, 5.74) is 2.63. The van der Waals surface area contributed by atoms with Crippen LogP contribution in [0.15, 0.2) is 54.9 Å². The Morgan fingerprint density at radius 2 is 1.85 bits per heavy atom. The highest BCUT2D eigenvalue weighted by molar-refractivity contribution is 5.92. The molecule has 1 aromatic heterocycles. The Hall–Kier alpha value is -3.19. The minimum Gasteiger partial charge on any atom is -0.467 e. The molecule has 7 heteroatoms. The molecule has 4 rings (SSSR count). The zero-order valence-electron chi connectivity index (χ0n) is 14.8. The lowest BCUT2D eigenvalue weighted by molar-refractivity contribution is -0.118. The number of hydrogen-bond acceptors (Lipinski definition) is 6. The van der Waals surface area contributed by atoms with E-state index in [9.17, 15) is 4.79 Å². The fourth-order valence-electron chi connectivity index (χ4n) is 3.00. The van der Waals surface area contributed by atoms with Crippen molar-refractivity contribution in [2.24, 2.45) is 0 Å². The van der Waals surface area contributed by atoms with Crippen molar-refractivity contribution in [3.05, 3.63) is 54.9 Å². The van der Waals surface area contributed by atoms with Gasteiger partial charge in [-0.25, -0.2) is 9.97 Å². The molecule has 2 heterocycles. The molecule has 1 amide bonds. The van der Waals surface area contributed by atoms with E-state index in [1.165, 1.54) is 6.33 Å². The molecule has 138 valence electrons. The number of nitrogens with zero attached hydrogens (tertiary/aromatic N) is 3. The summed E-state index contributed by atoms with van der Waals surface area (Å²) in [5.74, 6) is 0.162. The first-order valence-corrected chi connectivity index (χ1v) is 8.85. The van der Waals surface area contributed by atoms with Crippen molar-refractivity contribution in [2.45, 2.75) is 0 Å². The Labute approximate surface area is 156 Å². The SMILES string of the molecule is O=C(COc1ncnc2ccccc12)Nc1ccc(N2CCOCC2)cc1. The monoisotopic (exact) mass is 364 g/mol. The van der Waals surface area contributed by atoms with Gasteiger partial charge in [0.15, 0.2) is 6.61 Å². The molecule has 2 aromatic carbocycles. The van der Waals surface area contributed by atoms with Gasteiger partial charge in [-0.05, 0) is 36.4 Å². The smallest absolute Gasteiger partial charge is 0.262 e. The van der Waals surface area contributed by atoms with Gasteiger partial charge >= 0.3 is 0 Å². The van der Waals surface area contributed by atoms with E-state index in [1.807, 2.05) is 48.5 Å². The van der Waals surface area contributed by atoms with E-state index >= 15 is 0 Å². The molecular formula is C20H20N4O3. The molecule has 27 heavy (non-hydrogen) atoms. The first-order chi connectivity index (χ1) is 13.3. The summed E-state index contributed by atoms with van der Waals surface area (Å²) in [6.07, 6.45) is 1.43. The number of aromatic nitrogens is 2. The van der Waals surface area contributed by atoms with Crippen molar-refractivity contribution in [1.29, 1.82) is 0 Å². The maximum Gasteiger partial charge on any atom is 0.262 e. The Bertz CT molecular complexity index is 919. The van der Waals surface area contributed by atoms with Gasteiger partial charge in [0.1, 0.15) is 6.33 Å². The van der Waals surface area contributed by atoms with Crippen LogP contribution in [0.2, 0.25) is 0 Å². The number of carbonyl (C=O) groups is 1. The van der Waals surface area contributed by atoms with Crippen LogP contribution >= 0.6 is 0 Å². The van der Waals surface area contributed by atoms with Crippen molar-refractivity contribution in [1.82, 2.24) is 9.97 Å². The number of morpholine rings is 1. The van der Waals surface area contributed by atoms with Crippen LogP contribution in [0.25, 0.3) is 10.9 Å². The van der Waals surface area contributed by atoms with E-state index in [2.05, 4.69) is 20.2 Å². The van der Waals surface area contributed by atoms with Crippen molar-refractivity contribution in [2.75, 3.05) is 43.1 Å². The van der Waals surface area contributed by atoms with Crippen LogP contribution in [0.5, 0.6) is 5.88 Å². The summed E-state index contributed by atoms with van der Waals surface area (Å²) in [5, 5.41) is 3.62. The van der Waals surface area contributed by atoms with Gasteiger partial charge in [-0.15, -0.1) is 0 Å². The van der Waals surface area contributed by atoms with Gasteiger partial charge in [0, 0.05) is 24.5 Å². The summed E-state index contributed by atoms with van der Waals surface area (Å²) in [4.78, 5) is 22.8. The average Bonchev–Trinajstić information content (AvgIpc) is 2.73. The number of ether oxygens (including phenoxy) is 2. The third-order valence-electron chi connectivity index (χ3n) is 4.37. The number of rotatable bonds is 5. The highest BCUT2D eigenvalue weighted by atomic mass is 16.5. The summed E-state index contributed by atoms with van der Waals surface area (Å²) in [6.45, 7) is 3.13. The second-order valence-electron chi connectivity index (χ2n) is 6.18. The lowest BCUT2D eigenvalue weighted by atomic mass is 10.2. The van der Waals surface area contributed by atoms with Crippen LogP contribution in [0, 0.1) is 0 Å². The molecule has 0 spiro atoms. The summed E-state index contributed by atoms with van der Waals surface area (Å²) < 4.78 is 11.0. The van der Waals surface area contributed by atoms with Crippen LogP contribution in [0.3, 0.4) is 0 Å². The number of hydrogen-bond donors (Lipinski definition) is 1. The predicted molar refractivity (Wildman–Crippen MR) is 103 cm³/mol. The van der Waals surface area contributed by atoms with E-state index in [0.29, 0.717) is 5.88 Å². The Morgan fingerprint density at radius 3 is 2.67 bits per heavy atom. The quantitative estimate of drug-likeness (QED) is 0.750. The lowest BCUT2D eigenvalue weighted by Gasteiger charge is -2.28. The van der Waals surface area contributed by atoms with E-state index in [0.717, 1.165) is 48.6 Å². The zero-order chi connectivity index (χ0) is 18.5. The van der Waals surface area contributed by atoms with Gasteiger partial charge in [-0.3, -0.25) is 4.79 Å². The highest BCUT2D eigenvalue weighted by Gasteiger charge is 2.12. The van der Waals surface area contributed by atoms with Crippen molar-refractivity contribution < 1.29 is 14.3 Å². The van der Waals surface area contributed by atoms with Crippen LogP contribution in [0.4, 0.5) is 11.4 Å². The Morgan fingerprint density at radius 1 is 1.07 bits per heavy atom. The van der Waals surface area contributed by atoms with Gasteiger partial charge in [-0.2, -0.15) is 0 Å². The van der Waals surface area contributed by atoms with Crippen LogP contribution < -0.4 is 15.0 Å². The zero-order valence-corrected chi connectivity index (χ0v) is 14.8. The third-order valence-corrected chi connectivity index (χ3v) is 4.37. The number of nitrogens with one attached hydrogen (secondary N) is 1. The second kappa shape index (κ2) is 8.01. The molecule has 1 N–H and O–H groups in total. The Kier molecular flexibility index (Phi) is 5.11. The van der Waals surface area contributed by atoms with Gasteiger partial charge in [0.25, 0.3) is 5.91 Å². The summed E-state index contributed by atoms with van der Waals surface area (Å²) in [7, 11) is 0. The minimum absolute atomic E-state index is 0.119. The second-order valence-corrected chi connectivity index (χ2v) is 6.18. The maximum atomic E-state index is 12.2. The maximum absolute atomic E-state index is 12.2. The van der Waals surface area contributed by atoms with Crippen molar-refractivity contribution >= 4 is 28.2 Å². The molecule has 1 aliphatic rings. The predicted octanol–water partition coefficient (Wildman–Crippen LogP) is 2.48. The van der Waals surface area contributed by atoms with Crippen molar-refractivity contribution in [3.8, 4) is 5.88 Å². The van der Waals surface area contributed by atoms with E-state index in [1.54, 1.807) is 0 Å². The molecule has 0 radical (unpaired) electrons. The average molecular weight is 364 g/mol. The first kappa shape index (κ1) is 17.2. The molecule has 7 nitrogen and oxygen atoms in total. The molecule has 1 fully saturated rings. The van der Waals surface area contributed by atoms with E-state index in [-0.39, 0.29) is 12.5 Å². The van der Waals surface area contributed by atoms with Gasteiger partial charge in [0.2, 0.25) is 5.88 Å². The molecule has 1 saturated heterocycles. The number of fused-ring (bicyclic) bond motifs is 1. The molecule has 0 bridgehead atoms. The lowest BCUT2D eigenvalue weighted by Crippen LogP contribution is -2.36. The van der Waals surface area contributed by atoms with Gasteiger partial charge in [-0.1, -0.05) is 12.1 Å². The summed E-state index contributed by atoms with van der Waals surface area (Å²) in [6, 6.07) is 15.3. The number of benzene rings is 2. The van der Waals surface area contributed by atoms with Crippen LogP contribution in [-0.2, 0) is 9.53 Å². The molecule has 1 aliphatic heterocycles. The molecule has 3 aromatic rings. The minimum atomic E-state index is -0.239. The number of anilines is 2. The van der Waals surface area contributed by atoms with Gasteiger partial charge in [0.05, 0.1) is 24.1 Å². The molecular weight excluding hydrogens is 344 g/mol. The molecule has 0 unspecified atom stereocenters. The van der Waals surface area contributed by atoms with Crippen LogP contribution in [-0.4, -0.2) is 48.8 Å². The highest BCUT2D eigenvalue weighted by Crippen LogP contribution is 2.21.